The van der Waals surface area contributed by atoms with Crippen molar-refractivity contribution in [3.8, 4) is 0 Å². The molecule has 3 nitrogen and oxygen atoms in total. The van der Waals surface area contributed by atoms with Gasteiger partial charge in [0.2, 0.25) is 0 Å². The molecule has 1 aliphatic heterocycles. The Labute approximate surface area is 101 Å². The predicted molar refractivity (Wildman–Crippen MR) is 69.2 cm³/mol. The number of para-hydroxylation sites is 2. The van der Waals surface area contributed by atoms with Gasteiger partial charge < -0.3 is 9.32 Å². The van der Waals surface area contributed by atoms with Gasteiger partial charge in [0.15, 0.2) is 5.58 Å². The minimum Gasteiger partial charge on any atom is -0.423 e. The highest BCUT2D eigenvalue weighted by Crippen LogP contribution is 2.29. The Morgan fingerprint density at radius 2 is 2.06 bits per heavy atom. The Hall–Kier alpha value is -1.51. The Kier molecular flexibility index (Phi) is 2.54. The maximum atomic E-state index is 5.84. The highest BCUT2D eigenvalue weighted by molar-refractivity contribution is 5.74. The molecule has 1 fully saturated rings. The van der Waals surface area contributed by atoms with Gasteiger partial charge in [0.05, 0.1) is 0 Å². The van der Waals surface area contributed by atoms with Crippen LogP contribution in [0.2, 0.25) is 0 Å². The number of oxazole rings is 1. The summed E-state index contributed by atoms with van der Waals surface area (Å²) in [6.45, 7) is 5.59. The lowest BCUT2D eigenvalue weighted by atomic mass is 9.96. The number of rotatable bonds is 1. The van der Waals surface area contributed by atoms with Gasteiger partial charge >= 0.3 is 0 Å². The van der Waals surface area contributed by atoms with Crippen LogP contribution in [0.4, 0.5) is 6.01 Å². The fraction of sp³-hybridized carbons (Fsp3) is 0.500. The minimum absolute atomic E-state index is 0.527. The fourth-order valence-corrected chi connectivity index (χ4v) is 2.54. The number of benzene rings is 1. The molecule has 90 valence electrons. The van der Waals surface area contributed by atoms with Gasteiger partial charge in [-0.3, -0.25) is 0 Å². The molecule has 1 aromatic heterocycles. The van der Waals surface area contributed by atoms with Crippen LogP contribution in [-0.2, 0) is 0 Å². The van der Waals surface area contributed by atoms with E-state index in [0.717, 1.165) is 29.6 Å². The monoisotopic (exact) mass is 230 g/mol. The number of fused-ring (bicyclic) bond motifs is 1. The smallest absolute Gasteiger partial charge is 0.298 e. The molecular weight excluding hydrogens is 212 g/mol. The van der Waals surface area contributed by atoms with Crippen molar-refractivity contribution < 1.29 is 4.42 Å². The quantitative estimate of drug-likeness (QED) is 0.751. The van der Waals surface area contributed by atoms with Crippen molar-refractivity contribution in [2.24, 2.45) is 5.92 Å². The molecule has 1 aliphatic rings. The number of hydrogen-bond donors (Lipinski definition) is 0. The van der Waals surface area contributed by atoms with Crippen molar-refractivity contribution >= 4 is 17.1 Å². The lowest BCUT2D eigenvalue weighted by Gasteiger charge is -2.35. The summed E-state index contributed by atoms with van der Waals surface area (Å²) in [5.41, 5.74) is 1.83. The van der Waals surface area contributed by atoms with Crippen LogP contribution in [0.1, 0.15) is 26.7 Å². The molecule has 0 spiro atoms. The number of aromatic nitrogens is 1. The van der Waals surface area contributed by atoms with E-state index in [2.05, 4.69) is 23.7 Å². The molecule has 1 saturated heterocycles. The zero-order valence-corrected chi connectivity index (χ0v) is 10.4. The van der Waals surface area contributed by atoms with Crippen molar-refractivity contribution in [2.45, 2.75) is 32.7 Å². The molecule has 2 unspecified atom stereocenters. The van der Waals surface area contributed by atoms with Gasteiger partial charge in [0, 0.05) is 12.6 Å². The highest BCUT2D eigenvalue weighted by Gasteiger charge is 2.26. The molecule has 2 atom stereocenters. The van der Waals surface area contributed by atoms with Crippen LogP contribution in [0.15, 0.2) is 28.7 Å². The summed E-state index contributed by atoms with van der Waals surface area (Å²) >= 11 is 0. The van der Waals surface area contributed by atoms with Gasteiger partial charge in [0.25, 0.3) is 6.01 Å². The summed E-state index contributed by atoms with van der Waals surface area (Å²) < 4.78 is 5.84. The van der Waals surface area contributed by atoms with E-state index in [9.17, 15) is 0 Å². The summed E-state index contributed by atoms with van der Waals surface area (Å²) in [5, 5.41) is 0. The third kappa shape index (κ3) is 1.90. The topological polar surface area (TPSA) is 29.3 Å². The van der Waals surface area contributed by atoms with Crippen LogP contribution in [0.5, 0.6) is 0 Å². The number of anilines is 1. The maximum Gasteiger partial charge on any atom is 0.298 e. The van der Waals surface area contributed by atoms with Gasteiger partial charge in [-0.15, -0.1) is 0 Å². The van der Waals surface area contributed by atoms with Gasteiger partial charge in [-0.05, 0) is 37.8 Å². The van der Waals surface area contributed by atoms with E-state index in [4.69, 9.17) is 4.42 Å². The highest BCUT2D eigenvalue weighted by atomic mass is 16.4. The molecule has 0 N–H and O–H groups in total. The van der Waals surface area contributed by atoms with Gasteiger partial charge in [0.1, 0.15) is 5.52 Å². The van der Waals surface area contributed by atoms with E-state index in [1.54, 1.807) is 0 Å². The van der Waals surface area contributed by atoms with Crippen LogP contribution >= 0.6 is 0 Å². The standard InChI is InChI=1S/C14H18N2O/c1-10-7-8-11(2)16(9-10)14-15-12-5-3-4-6-13(12)17-14/h3-6,10-11H,7-9H2,1-2H3. The van der Waals surface area contributed by atoms with Crippen LogP contribution in [0.25, 0.3) is 11.1 Å². The molecule has 3 heteroatoms. The summed E-state index contributed by atoms with van der Waals surface area (Å²) in [6.07, 6.45) is 2.53. The van der Waals surface area contributed by atoms with Crippen molar-refractivity contribution in [2.75, 3.05) is 11.4 Å². The van der Waals surface area contributed by atoms with Gasteiger partial charge in [-0.2, -0.15) is 4.98 Å². The van der Waals surface area contributed by atoms with Crippen LogP contribution in [0, 0.1) is 5.92 Å². The Morgan fingerprint density at radius 3 is 2.88 bits per heavy atom. The van der Waals surface area contributed by atoms with Crippen LogP contribution in [0.3, 0.4) is 0 Å². The van der Waals surface area contributed by atoms with Crippen molar-refractivity contribution in [1.29, 1.82) is 0 Å². The molecule has 2 aromatic rings. The lowest BCUT2D eigenvalue weighted by Crippen LogP contribution is -2.41. The first-order valence-electron chi connectivity index (χ1n) is 6.36. The van der Waals surface area contributed by atoms with Crippen LogP contribution < -0.4 is 4.90 Å². The van der Waals surface area contributed by atoms with Crippen LogP contribution in [-0.4, -0.2) is 17.6 Å². The van der Waals surface area contributed by atoms with Crippen molar-refractivity contribution in [3.05, 3.63) is 24.3 Å². The summed E-state index contributed by atoms with van der Waals surface area (Å²) in [5.74, 6) is 0.723. The van der Waals surface area contributed by atoms with E-state index in [-0.39, 0.29) is 0 Å². The first-order chi connectivity index (χ1) is 8.24. The molecule has 0 aliphatic carbocycles. The number of hydrogen-bond acceptors (Lipinski definition) is 3. The average molecular weight is 230 g/mol. The maximum absolute atomic E-state index is 5.84. The number of piperidine rings is 1. The second-order valence-electron chi connectivity index (χ2n) is 5.15. The zero-order chi connectivity index (χ0) is 11.8. The second kappa shape index (κ2) is 4.06. The molecule has 0 saturated carbocycles. The Bertz CT molecular complexity index is 487. The fourth-order valence-electron chi connectivity index (χ4n) is 2.54. The Morgan fingerprint density at radius 1 is 1.24 bits per heavy atom. The third-order valence-corrected chi connectivity index (χ3v) is 3.65. The molecule has 17 heavy (non-hydrogen) atoms. The molecule has 0 radical (unpaired) electrons. The summed E-state index contributed by atoms with van der Waals surface area (Å²) in [6, 6.07) is 9.27. The van der Waals surface area contributed by atoms with E-state index in [0.29, 0.717) is 6.04 Å². The third-order valence-electron chi connectivity index (χ3n) is 3.65. The van der Waals surface area contributed by atoms with Crippen molar-refractivity contribution in [3.63, 3.8) is 0 Å². The lowest BCUT2D eigenvalue weighted by molar-refractivity contribution is 0.369. The van der Waals surface area contributed by atoms with Crippen molar-refractivity contribution in [1.82, 2.24) is 4.98 Å². The molecule has 0 bridgehead atoms. The molecular formula is C14H18N2O. The predicted octanol–water partition coefficient (Wildman–Crippen LogP) is 3.45. The Balaban J connectivity index is 1.96. The molecule has 0 amide bonds. The normalized spacial score (nSPS) is 25.4. The molecule has 1 aromatic carbocycles. The first kappa shape index (κ1) is 10.6. The zero-order valence-electron chi connectivity index (χ0n) is 10.4. The summed E-state index contributed by atoms with van der Waals surface area (Å²) in [4.78, 5) is 6.88. The average Bonchev–Trinajstić information content (AvgIpc) is 2.75. The van der Waals surface area contributed by atoms with Gasteiger partial charge in [-0.25, -0.2) is 0 Å². The largest absolute Gasteiger partial charge is 0.423 e. The van der Waals surface area contributed by atoms with Gasteiger partial charge in [-0.1, -0.05) is 19.1 Å². The van der Waals surface area contributed by atoms with E-state index < -0.39 is 0 Å². The first-order valence-corrected chi connectivity index (χ1v) is 6.36. The molecule has 2 heterocycles. The van der Waals surface area contributed by atoms with E-state index in [1.807, 2.05) is 24.3 Å². The van der Waals surface area contributed by atoms with E-state index in [1.165, 1.54) is 12.8 Å². The second-order valence-corrected chi connectivity index (χ2v) is 5.15. The summed E-state index contributed by atoms with van der Waals surface area (Å²) in [7, 11) is 0. The SMILES string of the molecule is CC1CCC(C)N(c2nc3ccccc3o2)C1. The van der Waals surface area contributed by atoms with E-state index >= 15 is 0 Å². The number of nitrogens with zero attached hydrogens (tertiary/aromatic N) is 2. The minimum atomic E-state index is 0.527. The molecule has 3 rings (SSSR count).